The van der Waals surface area contributed by atoms with E-state index in [0.29, 0.717) is 5.89 Å². The Hall–Kier alpha value is -3.87. The summed E-state index contributed by atoms with van der Waals surface area (Å²) >= 11 is 0. The van der Waals surface area contributed by atoms with Crippen molar-refractivity contribution >= 4 is 45.5 Å². The second-order valence-corrected chi connectivity index (χ2v) is 10.8. The average molecular weight is 486 g/mol. The van der Waals surface area contributed by atoms with Crippen molar-refractivity contribution in [3.8, 4) is 17.1 Å². The van der Waals surface area contributed by atoms with E-state index in [9.17, 15) is 0 Å². The number of benzene rings is 4. The van der Waals surface area contributed by atoms with Gasteiger partial charge in [-0.05, 0) is 75.6 Å². The maximum atomic E-state index is 6.37. The summed E-state index contributed by atoms with van der Waals surface area (Å²) in [5.74, 6) is 0.622. The molecule has 0 saturated carbocycles. The molecule has 0 N–H and O–H groups in total. The third kappa shape index (κ3) is 3.44. The molecule has 182 valence electrons. The van der Waals surface area contributed by atoms with Gasteiger partial charge in [-0.3, -0.25) is 0 Å². The Morgan fingerprint density at radius 3 is 2.05 bits per heavy atom. The molecule has 0 amide bonds. The van der Waals surface area contributed by atoms with Gasteiger partial charge >= 0.3 is 7.12 Å². The summed E-state index contributed by atoms with van der Waals surface area (Å²) in [6.45, 7) is 8.32. The minimum Gasteiger partial charge on any atom is -0.436 e. The summed E-state index contributed by atoms with van der Waals surface area (Å²) in [5.41, 5.74) is 6.04. The van der Waals surface area contributed by atoms with Crippen molar-refractivity contribution in [2.24, 2.45) is 0 Å². The van der Waals surface area contributed by atoms with Gasteiger partial charge in [-0.2, -0.15) is 0 Å². The lowest BCUT2D eigenvalue weighted by Gasteiger charge is -2.32. The van der Waals surface area contributed by atoms with Crippen LogP contribution >= 0.6 is 0 Å². The first-order valence-corrected chi connectivity index (χ1v) is 12.7. The van der Waals surface area contributed by atoms with E-state index in [1.165, 1.54) is 0 Å². The number of aromatic nitrogens is 2. The van der Waals surface area contributed by atoms with Crippen LogP contribution in [0.2, 0.25) is 0 Å². The molecular weight excluding hydrogens is 459 g/mol. The van der Waals surface area contributed by atoms with Crippen molar-refractivity contribution in [1.82, 2.24) is 9.55 Å². The van der Waals surface area contributed by atoms with Crippen LogP contribution < -0.4 is 5.46 Å². The summed E-state index contributed by atoms with van der Waals surface area (Å²) < 4.78 is 21.3. The Labute approximate surface area is 215 Å². The van der Waals surface area contributed by atoms with Gasteiger partial charge in [0, 0.05) is 22.0 Å². The summed E-state index contributed by atoms with van der Waals surface area (Å²) in [5, 5.41) is 2.21. The van der Waals surface area contributed by atoms with Gasteiger partial charge in [0.15, 0.2) is 5.58 Å². The maximum Gasteiger partial charge on any atom is 0.494 e. The number of fused-ring (bicyclic) bond motifs is 4. The zero-order chi connectivity index (χ0) is 25.4. The van der Waals surface area contributed by atoms with E-state index in [2.05, 4.69) is 86.9 Å². The molecule has 3 heterocycles. The molecule has 37 heavy (non-hydrogen) atoms. The smallest absolute Gasteiger partial charge is 0.436 e. The highest BCUT2D eigenvalue weighted by Crippen LogP contribution is 2.38. The van der Waals surface area contributed by atoms with Gasteiger partial charge in [-0.1, -0.05) is 48.5 Å². The summed E-state index contributed by atoms with van der Waals surface area (Å²) in [6, 6.07) is 31.1. The molecule has 0 unspecified atom stereocenters. The Balaban J connectivity index is 1.47. The molecule has 4 aromatic carbocycles. The van der Waals surface area contributed by atoms with Gasteiger partial charge in [-0.25, -0.2) is 4.98 Å². The fourth-order valence-corrected chi connectivity index (χ4v) is 5.14. The molecule has 2 aromatic heterocycles. The van der Waals surface area contributed by atoms with E-state index in [4.69, 9.17) is 18.7 Å². The predicted molar refractivity (Wildman–Crippen MR) is 149 cm³/mol. The minimum atomic E-state index is -0.428. The van der Waals surface area contributed by atoms with E-state index in [1.807, 2.05) is 36.4 Å². The molecule has 0 bridgehead atoms. The molecule has 0 atom stereocenters. The number of oxazole rings is 1. The zero-order valence-corrected chi connectivity index (χ0v) is 21.4. The van der Waals surface area contributed by atoms with Gasteiger partial charge in [0.25, 0.3) is 0 Å². The Bertz CT molecular complexity index is 1770. The Morgan fingerprint density at radius 2 is 1.35 bits per heavy atom. The fraction of sp³-hybridized carbons (Fsp3) is 0.194. The number of nitrogens with zero attached hydrogens (tertiary/aromatic N) is 2. The SMILES string of the molecule is CC1(C)OB(c2ccc3c(c2)c2cc4oc(-c5ccccc5)nc4cc2n3-c2ccccc2)OC1(C)C. The Kier molecular flexibility index (Phi) is 4.72. The fourth-order valence-electron chi connectivity index (χ4n) is 5.14. The van der Waals surface area contributed by atoms with Crippen LogP contribution in [0.4, 0.5) is 0 Å². The molecule has 1 aliphatic rings. The largest absolute Gasteiger partial charge is 0.494 e. The lowest BCUT2D eigenvalue weighted by atomic mass is 9.78. The predicted octanol–water partition coefficient (Wildman–Crippen LogP) is 6.89. The first-order valence-electron chi connectivity index (χ1n) is 12.7. The first kappa shape index (κ1) is 22.3. The van der Waals surface area contributed by atoms with Crippen molar-refractivity contribution in [3.63, 3.8) is 0 Å². The highest BCUT2D eigenvalue weighted by atomic mass is 16.7. The number of hydrogen-bond donors (Lipinski definition) is 0. The van der Waals surface area contributed by atoms with E-state index < -0.39 is 18.3 Å². The number of rotatable bonds is 3. The van der Waals surface area contributed by atoms with Gasteiger partial charge in [0.05, 0.1) is 22.2 Å². The summed E-state index contributed by atoms with van der Waals surface area (Å²) in [6.07, 6.45) is 0. The van der Waals surface area contributed by atoms with Crippen molar-refractivity contribution in [2.75, 3.05) is 0 Å². The second kappa shape index (κ2) is 7.82. The van der Waals surface area contributed by atoms with Crippen LogP contribution in [0, 0.1) is 0 Å². The van der Waals surface area contributed by atoms with Crippen LogP contribution in [0.3, 0.4) is 0 Å². The highest BCUT2D eigenvalue weighted by Gasteiger charge is 2.51. The van der Waals surface area contributed by atoms with E-state index in [0.717, 1.165) is 49.6 Å². The van der Waals surface area contributed by atoms with Gasteiger partial charge in [-0.15, -0.1) is 0 Å². The minimum absolute atomic E-state index is 0.398. The van der Waals surface area contributed by atoms with Crippen molar-refractivity contribution in [1.29, 1.82) is 0 Å². The van der Waals surface area contributed by atoms with Gasteiger partial charge < -0.3 is 18.3 Å². The molecular formula is C31H27BN2O3. The third-order valence-electron chi connectivity index (χ3n) is 7.86. The van der Waals surface area contributed by atoms with Crippen molar-refractivity contribution < 1.29 is 13.7 Å². The van der Waals surface area contributed by atoms with Crippen molar-refractivity contribution in [2.45, 2.75) is 38.9 Å². The lowest BCUT2D eigenvalue weighted by molar-refractivity contribution is 0.00578. The Morgan fingerprint density at radius 1 is 0.703 bits per heavy atom. The van der Waals surface area contributed by atoms with Crippen LogP contribution in [0.25, 0.3) is 50.0 Å². The molecule has 6 aromatic rings. The molecule has 1 fully saturated rings. The van der Waals surface area contributed by atoms with Crippen LogP contribution in [-0.2, 0) is 9.31 Å². The number of para-hydroxylation sites is 1. The molecule has 7 rings (SSSR count). The van der Waals surface area contributed by atoms with Crippen molar-refractivity contribution in [3.05, 3.63) is 91.0 Å². The van der Waals surface area contributed by atoms with E-state index in [-0.39, 0.29) is 0 Å². The second-order valence-electron chi connectivity index (χ2n) is 10.8. The van der Waals surface area contributed by atoms with Gasteiger partial charge in [0.1, 0.15) is 5.52 Å². The normalized spacial score (nSPS) is 16.8. The molecule has 1 aliphatic heterocycles. The molecule has 0 spiro atoms. The summed E-state index contributed by atoms with van der Waals surface area (Å²) in [4.78, 5) is 4.83. The van der Waals surface area contributed by atoms with Crippen LogP contribution in [0.1, 0.15) is 27.7 Å². The molecule has 0 radical (unpaired) electrons. The van der Waals surface area contributed by atoms with E-state index >= 15 is 0 Å². The van der Waals surface area contributed by atoms with E-state index in [1.54, 1.807) is 0 Å². The van der Waals surface area contributed by atoms with Gasteiger partial charge in [0.2, 0.25) is 5.89 Å². The van der Waals surface area contributed by atoms with Crippen LogP contribution in [0.5, 0.6) is 0 Å². The first-order chi connectivity index (χ1) is 17.8. The zero-order valence-electron chi connectivity index (χ0n) is 21.4. The van der Waals surface area contributed by atoms with Crippen LogP contribution in [-0.4, -0.2) is 27.9 Å². The monoisotopic (exact) mass is 486 g/mol. The molecule has 0 aliphatic carbocycles. The standard InChI is InChI=1S/C31H27BN2O3/c1-30(2)31(3,4)37-32(36-30)21-15-16-26-23(17-21)24-18-28-25(33-29(35-28)20-11-7-5-8-12-20)19-27(24)34(26)22-13-9-6-10-14-22/h5-19H,1-4H3. The number of hydrogen-bond acceptors (Lipinski definition) is 4. The third-order valence-corrected chi connectivity index (χ3v) is 7.86. The topological polar surface area (TPSA) is 49.4 Å². The lowest BCUT2D eigenvalue weighted by Crippen LogP contribution is -2.41. The average Bonchev–Trinajstić information content (AvgIpc) is 3.52. The summed E-state index contributed by atoms with van der Waals surface area (Å²) in [7, 11) is -0.428. The maximum absolute atomic E-state index is 6.37. The quantitative estimate of drug-likeness (QED) is 0.256. The molecule has 6 heteroatoms. The van der Waals surface area contributed by atoms with Crippen LogP contribution in [0.15, 0.2) is 95.4 Å². The highest BCUT2D eigenvalue weighted by molar-refractivity contribution is 6.62. The molecule has 5 nitrogen and oxygen atoms in total. The molecule has 1 saturated heterocycles.